The number of hydrogen-bond donors (Lipinski definition) is 0. The Balaban J connectivity index is 1.42. The van der Waals surface area contributed by atoms with Crippen molar-refractivity contribution in [1.82, 2.24) is 9.80 Å². The minimum Gasteiger partial charge on any atom is -0.342 e. The molecule has 2 fully saturated rings. The largest absolute Gasteiger partial charge is 0.342 e. The molecule has 0 aliphatic carbocycles. The first-order chi connectivity index (χ1) is 10.7. The number of thiophene rings is 1. The summed E-state index contributed by atoms with van der Waals surface area (Å²) < 4.78 is 0. The zero-order valence-corrected chi connectivity index (χ0v) is 13.6. The number of nitrogens with zero attached hydrogens (tertiary/aromatic N) is 2. The second-order valence-electron chi connectivity index (χ2n) is 6.25. The molecule has 2 aliphatic heterocycles. The van der Waals surface area contributed by atoms with E-state index in [0.29, 0.717) is 19.0 Å². The molecule has 3 heterocycles. The van der Waals surface area contributed by atoms with Gasteiger partial charge in [0.05, 0.1) is 0 Å². The molecule has 5 heteroatoms. The maximum atomic E-state index is 12.5. The summed E-state index contributed by atoms with van der Waals surface area (Å²) >= 11 is 1.73. The lowest BCUT2D eigenvalue weighted by molar-refractivity contribution is -0.145. The van der Waals surface area contributed by atoms with E-state index < -0.39 is 0 Å². The van der Waals surface area contributed by atoms with Crippen molar-refractivity contribution in [3.05, 3.63) is 35.0 Å². The normalized spacial score (nSPS) is 19.8. The Hall–Kier alpha value is -1.62. The molecule has 0 spiro atoms. The molecule has 22 heavy (non-hydrogen) atoms. The molecule has 0 saturated carbocycles. The Morgan fingerprint density at radius 1 is 1.27 bits per heavy atom. The third kappa shape index (κ3) is 3.24. The van der Waals surface area contributed by atoms with Gasteiger partial charge in [0.1, 0.15) is 0 Å². The fourth-order valence-electron chi connectivity index (χ4n) is 3.36. The highest BCUT2D eigenvalue weighted by atomic mass is 32.1. The van der Waals surface area contributed by atoms with Gasteiger partial charge < -0.3 is 9.80 Å². The fraction of sp³-hybridized carbons (Fsp3) is 0.529. The minimum absolute atomic E-state index is 0.0225. The van der Waals surface area contributed by atoms with E-state index in [0.717, 1.165) is 32.4 Å². The van der Waals surface area contributed by atoms with Crippen LogP contribution in [0.5, 0.6) is 0 Å². The maximum absolute atomic E-state index is 12.5. The first-order valence-electron chi connectivity index (χ1n) is 7.88. The lowest BCUT2D eigenvalue weighted by Gasteiger charge is -2.42. The molecule has 0 N–H and O–H groups in total. The second kappa shape index (κ2) is 6.65. The lowest BCUT2D eigenvalue weighted by Crippen LogP contribution is -2.54. The smallest absolute Gasteiger partial charge is 0.245 e. The SMILES string of the molecule is C=CC(=O)N1CCC(C(=O)N2CC(Cc3ccsc3)C2)CC1. The van der Waals surface area contributed by atoms with Crippen LogP contribution in [-0.4, -0.2) is 47.8 Å². The molecule has 4 nitrogen and oxygen atoms in total. The summed E-state index contributed by atoms with van der Waals surface area (Å²) in [6.07, 6.45) is 4.00. The minimum atomic E-state index is -0.0225. The van der Waals surface area contributed by atoms with Crippen molar-refractivity contribution in [3.63, 3.8) is 0 Å². The third-order valence-corrected chi connectivity index (χ3v) is 5.44. The van der Waals surface area contributed by atoms with Crippen LogP contribution in [0.3, 0.4) is 0 Å². The molecule has 0 bridgehead atoms. The summed E-state index contributed by atoms with van der Waals surface area (Å²) in [4.78, 5) is 27.8. The molecule has 2 aliphatic rings. The van der Waals surface area contributed by atoms with E-state index in [1.807, 2.05) is 4.90 Å². The van der Waals surface area contributed by atoms with Crippen LogP contribution in [0, 0.1) is 11.8 Å². The molecule has 0 atom stereocenters. The monoisotopic (exact) mass is 318 g/mol. The van der Waals surface area contributed by atoms with Crippen molar-refractivity contribution in [1.29, 1.82) is 0 Å². The van der Waals surface area contributed by atoms with Crippen LogP contribution >= 0.6 is 11.3 Å². The van der Waals surface area contributed by atoms with Gasteiger partial charge in [0.25, 0.3) is 0 Å². The van der Waals surface area contributed by atoms with Gasteiger partial charge in [0.2, 0.25) is 11.8 Å². The lowest BCUT2D eigenvalue weighted by atomic mass is 9.89. The van der Waals surface area contributed by atoms with E-state index in [2.05, 4.69) is 23.4 Å². The first kappa shape index (κ1) is 15.3. The number of carbonyl (C=O) groups is 2. The van der Waals surface area contributed by atoms with Crippen LogP contribution in [0.15, 0.2) is 29.5 Å². The molecule has 1 aromatic rings. The number of rotatable bonds is 4. The highest BCUT2D eigenvalue weighted by molar-refractivity contribution is 7.07. The molecule has 1 aromatic heterocycles. The number of amides is 2. The number of likely N-dealkylation sites (tertiary alicyclic amines) is 2. The third-order valence-electron chi connectivity index (χ3n) is 4.70. The summed E-state index contributed by atoms with van der Waals surface area (Å²) in [5, 5.41) is 4.30. The summed E-state index contributed by atoms with van der Waals surface area (Å²) in [6, 6.07) is 2.17. The van der Waals surface area contributed by atoms with Crippen LogP contribution in [0.25, 0.3) is 0 Å². The average molecular weight is 318 g/mol. The molecule has 2 saturated heterocycles. The van der Waals surface area contributed by atoms with Gasteiger partial charge in [-0.25, -0.2) is 0 Å². The van der Waals surface area contributed by atoms with E-state index in [-0.39, 0.29) is 17.7 Å². The van der Waals surface area contributed by atoms with Crippen LogP contribution in [0.1, 0.15) is 18.4 Å². The molecule has 0 aromatic carbocycles. The van der Waals surface area contributed by atoms with Gasteiger partial charge in [-0.15, -0.1) is 0 Å². The Morgan fingerprint density at radius 2 is 2.00 bits per heavy atom. The van der Waals surface area contributed by atoms with Crippen molar-refractivity contribution in [2.45, 2.75) is 19.3 Å². The van der Waals surface area contributed by atoms with E-state index in [4.69, 9.17) is 0 Å². The van der Waals surface area contributed by atoms with Crippen molar-refractivity contribution in [2.75, 3.05) is 26.2 Å². The molecular weight excluding hydrogens is 296 g/mol. The van der Waals surface area contributed by atoms with Gasteiger partial charge in [0, 0.05) is 32.1 Å². The van der Waals surface area contributed by atoms with Crippen molar-refractivity contribution in [3.8, 4) is 0 Å². The average Bonchev–Trinajstić information content (AvgIpc) is 3.02. The maximum Gasteiger partial charge on any atom is 0.245 e. The highest BCUT2D eigenvalue weighted by Gasteiger charge is 2.36. The zero-order chi connectivity index (χ0) is 15.5. The molecule has 3 rings (SSSR count). The van der Waals surface area contributed by atoms with Gasteiger partial charge in [-0.1, -0.05) is 6.58 Å². The van der Waals surface area contributed by atoms with Gasteiger partial charge in [-0.3, -0.25) is 9.59 Å². The Labute approximate surface area is 135 Å². The summed E-state index contributed by atoms with van der Waals surface area (Å²) in [6.45, 7) is 6.64. The molecular formula is C17H22N2O2S. The number of hydrogen-bond acceptors (Lipinski definition) is 3. The van der Waals surface area contributed by atoms with Gasteiger partial charge in [-0.2, -0.15) is 11.3 Å². The zero-order valence-electron chi connectivity index (χ0n) is 12.7. The Morgan fingerprint density at radius 3 is 2.59 bits per heavy atom. The van der Waals surface area contributed by atoms with E-state index >= 15 is 0 Å². The number of piperidine rings is 1. The van der Waals surface area contributed by atoms with E-state index in [9.17, 15) is 9.59 Å². The van der Waals surface area contributed by atoms with Gasteiger partial charge in [0.15, 0.2) is 0 Å². The Kier molecular flexibility index (Phi) is 4.62. The van der Waals surface area contributed by atoms with Gasteiger partial charge in [-0.05, 0) is 53.6 Å². The van der Waals surface area contributed by atoms with E-state index in [1.54, 1.807) is 16.2 Å². The first-order valence-corrected chi connectivity index (χ1v) is 8.83. The van der Waals surface area contributed by atoms with Crippen LogP contribution in [0.4, 0.5) is 0 Å². The standard InChI is InChI=1S/C17H22N2O2S/c1-2-16(20)18-6-3-15(4-7-18)17(21)19-10-14(11-19)9-13-5-8-22-12-13/h2,5,8,12,14-15H,1,3-4,6-7,9-11H2. The van der Waals surface area contributed by atoms with Crippen LogP contribution in [0.2, 0.25) is 0 Å². The highest BCUT2D eigenvalue weighted by Crippen LogP contribution is 2.27. The fourth-order valence-corrected chi connectivity index (χ4v) is 4.04. The molecule has 0 radical (unpaired) electrons. The molecule has 0 unspecified atom stereocenters. The molecule has 118 valence electrons. The summed E-state index contributed by atoms with van der Waals surface area (Å²) in [5.41, 5.74) is 1.39. The quantitative estimate of drug-likeness (QED) is 0.798. The Bertz CT molecular complexity index is 541. The predicted octanol–water partition coefficient (Wildman–Crippen LogP) is 2.17. The van der Waals surface area contributed by atoms with Gasteiger partial charge >= 0.3 is 0 Å². The van der Waals surface area contributed by atoms with E-state index in [1.165, 1.54) is 11.6 Å². The predicted molar refractivity (Wildman–Crippen MR) is 87.6 cm³/mol. The van der Waals surface area contributed by atoms with Crippen LogP contribution in [-0.2, 0) is 16.0 Å². The van der Waals surface area contributed by atoms with Crippen molar-refractivity contribution < 1.29 is 9.59 Å². The summed E-state index contributed by atoms with van der Waals surface area (Å²) in [5.74, 6) is 0.967. The number of carbonyl (C=O) groups excluding carboxylic acids is 2. The topological polar surface area (TPSA) is 40.6 Å². The van der Waals surface area contributed by atoms with Crippen molar-refractivity contribution in [2.24, 2.45) is 11.8 Å². The summed E-state index contributed by atoms with van der Waals surface area (Å²) in [7, 11) is 0. The van der Waals surface area contributed by atoms with Crippen LogP contribution < -0.4 is 0 Å². The second-order valence-corrected chi connectivity index (χ2v) is 7.03. The molecule has 2 amide bonds. The van der Waals surface area contributed by atoms with Crippen molar-refractivity contribution >= 4 is 23.2 Å².